The van der Waals surface area contributed by atoms with E-state index in [-0.39, 0.29) is 4.90 Å². The van der Waals surface area contributed by atoms with Crippen molar-refractivity contribution in [1.29, 1.82) is 0 Å². The average molecular weight is 410 g/mol. The Morgan fingerprint density at radius 3 is 2.32 bits per heavy atom. The number of aromatic nitrogens is 1. The topological polar surface area (TPSA) is 74.3 Å². The maximum Gasteiger partial charge on any atom is 0.261 e. The van der Waals surface area contributed by atoms with Gasteiger partial charge in [0.05, 0.1) is 16.3 Å². The lowest BCUT2D eigenvalue weighted by molar-refractivity contribution is 0.121. The molecule has 0 bridgehead atoms. The standard InChI is InChI=1S/C19H24F2N4O2S/c1-13(19(20)21)15-3-5-16(6-4-15)28(26,27)24-17-7-8-18(23-14(17)2)25-11-9-22-10-12-25/h3-8,13,19,22,24H,9-12H2,1-2H3/t13-/m0/s1. The molecule has 1 fully saturated rings. The molecule has 1 aromatic carbocycles. The summed E-state index contributed by atoms with van der Waals surface area (Å²) < 4.78 is 53.4. The fourth-order valence-electron chi connectivity index (χ4n) is 3.03. The first-order valence-electron chi connectivity index (χ1n) is 9.12. The van der Waals surface area contributed by atoms with E-state index in [9.17, 15) is 17.2 Å². The Labute approximate surface area is 164 Å². The van der Waals surface area contributed by atoms with Crippen LogP contribution in [0, 0.1) is 6.92 Å². The summed E-state index contributed by atoms with van der Waals surface area (Å²) in [5, 5.41) is 3.27. The third-order valence-electron chi connectivity index (χ3n) is 4.85. The SMILES string of the molecule is Cc1nc(N2CCNCC2)ccc1NS(=O)(=O)c1ccc([C@H](C)C(F)F)cc1. The second-order valence-electron chi connectivity index (χ2n) is 6.84. The van der Waals surface area contributed by atoms with Crippen molar-refractivity contribution in [2.24, 2.45) is 0 Å². The zero-order valence-corrected chi connectivity index (χ0v) is 16.6. The summed E-state index contributed by atoms with van der Waals surface area (Å²) in [6.07, 6.45) is -2.50. The van der Waals surface area contributed by atoms with Crippen LogP contribution in [0.1, 0.15) is 24.1 Å². The molecule has 0 aliphatic carbocycles. The number of pyridine rings is 1. The van der Waals surface area contributed by atoms with Gasteiger partial charge in [-0.05, 0) is 36.8 Å². The summed E-state index contributed by atoms with van der Waals surface area (Å²) in [7, 11) is -3.84. The molecule has 1 saturated heterocycles. The second-order valence-corrected chi connectivity index (χ2v) is 8.52. The molecule has 1 aliphatic rings. The summed E-state index contributed by atoms with van der Waals surface area (Å²) in [5.74, 6) is -0.138. The number of hydrogen-bond donors (Lipinski definition) is 2. The van der Waals surface area contributed by atoms with E-state index in [0.29, 0.717) is 16.9 Å². The highest BCUT2D eigenvalue weighted by molar-refractivity contribution is 7.92. The summed E-state index contributed by atoms with van der Waals surface area (Å²) in [6, 6.07) is 9.02. The van der Waals surface area contributed by atoms with Crippen LogP contribution in [0.5, 0.6) is 0 Å². The minimum Gasteiger partial charge on any atom is -0.354 e. The van der Waals surface area contributed by atoms with Crippen LogP contribution in [-0.2, 0) is 10.0 Å². The lowest BCUT2D eigenvalue weighted by atomic mass is 10.0. The van der Waals surface area contributed by atoms with Gasteiger partial charge in [0.2, 0.25) is 6.43 Å². The van der Waals surface area contributed by atoms with Gasteiger partial charge in [0, 0.05) is 32.1 Å². The maximum absolute atomic E-state index is 12.8. The Morgan fingerprint density at radius 1 is 1.11 bits per heavy atom. The van der Waals surface area contributed by atoms with Gasteiger partial charge in [0.15, 0.2) is 0 Å². The van der Waals surface area contributed by atoms with Gasteiger partial charge in [-0.25, -0.2) is 22.2 Å². The smallest absolute Gasteiger partial charge is 0.261 e. The Kier molecular flexibility index (Phi) is 6.14. The molecule has 152 valence electrons. The first-order chi connectivity index (χ1) is 13.3. The van der Waals surface area contributed by atoms with Gasteiger partial charge in [0.25, 0.3) is 10.0 Å². The van der Waals surface area contributed by atoms with Crippen molar-refractivity contribution in [2.45, 2.75) is 31.1 Å². The van der Waals surface area contributed by atoms with Crippen LogP contribution in [0.3, 0.4) is 0 Å². The van der Waals surface area contributed by atoms with Crippen molar-refractivity contribution in [3.63, 3.8) is 0 Å². The molecule has 1 aromatic heterocycles. The number of nitrogens with one attached hydrogen (secondary N) is 2. The number of hydrogen-bond acceptors (Lipinski definition) is 5. The molecule has 9 heteroatoms. The molecule has 1 aliphatic heterocycles. The molecule has 0 radical (unpaired) electrons. The van der Waals surface area contributed by atoms with Crippen LogP contribution in [0.15, 0.2) is 41.3 Å². The largest absolute Gasteiger partial charge is 0.354 e. The van der Waals surface area contributed by atoms with Crippen LogP contribution < -0.4 is 14.9 Å². The molecule has 0 unspecified atom stereocenters. The van der Waals surface area contributed by atoms with Crippen LogP contribution in [0.2, 0.25) is 0 Å². The third-order valence-corrected chi connectivity index (χ3v) is 6.23. The van der Waals surface area contributed by atoms with Gasteiger partial charge >= 0.3 is 0 Å². The number of alkyl halides is 2. The quantitative estimate of drug-likeness (QED) is 0.766. The van der Waals surface area contributed by atoms with Gasteiger partial charge in [-0.2, -0.15) is 0 Å². The third kappa shape index (κ3) is 4.59. The molecule has 28 heavy (non-hydrogen) atoms. The highest BCUT2D eigenvalue weighted by Crippen LogP contribution is 2.26. The Hall–Kier alpha value is -2.26. The number of aryl methyl sites for hydroxylation is 1. The minimum atomic E-state index is -3.84. The fourth-order valence-corrected chi connectivity index (χ4v) is 4.14. The molecular weight excluding hydrogens is 386 g/mol. The van der Waals surface area contributed by atoms with Crippen molar-refractivity contribution >= 4 is 21.5 Å². The molecule has 2 heterocycles. The van der Waals surface area contributed by atoms with Gasteiger partial charge in [-0.3, -0.25) is 4.72 Å². The molecule has 0 saturated carbocycles. The number of piperazine rings is 1. The van der Waals surface area contributed by atoms with E-state index < -0.39 is 22.4 Å². The summed E-state index contributed by atoms with van der Waals surface area (Å²) in [4.78, 5) is 6.68. The molecule has 6 nitrogen and oxygen atoms in total. The molecule has 2 N–H and O–H groups in total. The second kappa shape index (κ2) is 8.40. The van der Waals surface area contributed by atoms with Crippen molar-refractivity contribution < 1.29 is 17.2 Å². The maximum atomic E-state index is 12.8. The molecule has 3 rings (SSSR count). The lowest BCUT2D eigenvalue weighted by Gasteiger charge is -2.28. The predicted molar refractivity (Wildman–Crippen MR) is 106 cm³/mol. The van der Waals surface area contributed by atoms with Crippen LogP contribution in [0.4, 0.5) is 20.3 Å². The predicted octanol–water partition coefficient (Wildman–Crippen LogP) is 2.97. The number of nitrogens with zero attached hydrogens (tertiary/aromatic N) is 2. The Bertz CT molecular complexity index is 914. The van der Waals surface area contributed by atoms with E-state index in [2.05, 4.69) is 19.9 Å². The van der Waals surface area contributed by atoms with Crippen LogP contribution >= 0.6 is 0 Å². The van der Waals surface area contributed by atoms with E-state index in [4.69, 9.17) is 0 Å². The molecule has 1 atom stereocenters. The summed E-state index contributed by atoms with van der Waals surface area (Å²) >= 11 is 0. The zero-order valence-electron chi connectivity index (χ0n) is 15.8. The number of benzene rings is 1. The minimum absolute atomic E-state index is 0.0169. The van der Waals surface area contributed by atoms with Gasteiger partial charge < -0.3 is 10.2 Å². The van der Waals surface area contributed by atoms with E-state index in [0.717, 1.165) is 32.0 Å². The fraction of sp³-hybridized carbons (Fsp3) is 0.421. The highest BCUT2D eigenvalue weighted by atomic mass is 32.2. The number of anilines is 2. The highest BCUT2D eigenvalue weighted by Gasteiger charge is 2.20. The van der Waals surface area contributed by atoms with Crippen molar-refractivity contribution in [3.8, 4) is 0 Å². The van der Waals surface area contributed by atoms with E-state index in [1.54, 1.807) is 19.1 Å². The molecular formula is C19H24F2N4O2S. The van der Waals surface area contributed by atoms with Crippen molar-refractivity contribution in [2.75, 3.05) is 35.8 Å². The van der Waals surface area contributed by atoms with E-state index in [1.807, 2.05) is 0 Å². The normalized spacial score (nSPS) is 16.2. The molecule has 0 amide bonds. The first-order valence-corrected chi connectivity index (χ1v) is 10.6. The molecule has 2 aromatic rings. The average Bonchev–Trinajstić information content (AvgIpc) is 2.69. The van der Waals surface area contributed by atoms with Gasteiger partial charge in [-0.1, -0.05) is 19.1 Å². The monoisotopic (exact) mass is 410 g/mol. The van der Waals surface area contributed by atoms with Gasteiger partial charge in [-0.15, -0.1) is 0 Å². The Morgan fingerprint density at radius 2 is 1.75 bits per heavy atom. The number of rotatable bonds is 6. The Balaban J connectivity index is 1.76. The first kappa shape index (κ1) is 20.5. The van der Waals surface area contributed by atoms with Crippen molar-refractivity contribution in [1.82, 2.24) is 10.3 Å². The lowest BCUT2D eigenvalue weighted by Crippen LogP contribution is -2.43. The summed E-state index contributed by atoms with van der Waals surface area (Å²) in [5.41, 5.74) is 1.36. The van der Waals surface area contributed by atoms with Crippen LogP contribution in [-0.4, -0.2) is 46.0 Å². The van der Waals surface area contributed by atoms with Gasteiger partial charge in [0.1, 0.15) is 5.82 Å². The molecule has 0 spiro atoms. The van der Waals surface area contributed by atoms with Crippen LogP contribution in [0.25, 0.3) is 0 Å². The summed E-state index contributed by atoms with van der Waals surface area (Å²) in [6.45, 7) is 6.62. The zero-order chi connectivity index (χ0) is 20.3. The number of sulfonamides is 1. The number of halogens is 2. The van der Waals surface area contributed by atoms with Crippen molar-refractivity contribution in [3.05, 3.63) is 47.7 Å². The van der Waals surface area contributed by atoms with E-state index in [1.165, 1.54) is 31.2 Å². The van der Waals surface area contributed by atoms with E-state index >= 15 is 0 Å².